The van der Waals surface area contributed by atoms with Crippen molar-refractivity contribution in [3.63, 3.8) is 0 Å². The number of aromatic nitrogens is 3. The van der Waals surface area contributed by atoms with Crippen LogP contribution in [0.4, 0.5) is 0 Å². The first kappa shape index (κ1) is 24.8. The zero-order valence-corrected chi connectivity index (χ0v) is 22.9. The van der Waals surface area contributed by atoms with Crippen molar-refractivity contribution >= 4 is 35.8 Å². The van der Waals surface area contributed by atoms with Crippen LogP contribution < -0.4 is 4.74 Å². The Labute approximate surface area is 221 Å². The minimum Gasteiger partial charge on any atom is -0.497 e. The number of thiol groups is 1. The highest BCUT2D eigenvalue weighted by molar-refractivity contribution is 7.81. The number of halogens is 1. The maximum atomic E-state index is 13.5. The highest BCUT2D eigenvalue weighted by Crippen LogP contribution is 2.51. The first-order valence-electron chi connectivity index (χ1n) is 11.9. The number of aryl methyl sites for hydroxylation is 1. The fourth-order valence-electron chi connectivity index (χ4n) is 5.07. The van der Waals surface area contributed by atoms with Gasteiger partial charge in [-0.25, -0.2) is 0 Å². The molecule has 1 aromatic heterocycles. The van der Waals surface area contributed by atoms with Crippen LogP contribution in [0, 0.1) is 12.3 Å². The predicted octanol–water partition coefficient (Wildman–Crippen LogP) is 5.42. The molecule has 1 amide bonds. The van der Waals surface area contributed by atoms with Gasteiger partial charge in [-0.05, 0) is 56.0 Å². The third-order valence-corrected chi connectivity index (χ3v) is 8.44. The Kier molecular flexibility index (Phi) is 5.95. The molecule has 0 N–H and O–H groups in total. The third kappa shape index (κ3) is 3.91. The summed E-state index contributed by atoms with van der Waals surface area (Å²) in [5.41, 5.74) is 2.53. The molecule has 0 aliphatic carbocycles. The van der Waals surface area contributed by atoms with Crippen LogP contribution in [0.1, 0.15) is 63.1 Å². The molecule has 0 saturated carbocycles. The SMILES string of the molecule is COc1ccc2c(c1)C(c1ccc(Cl)cc1)=N[C@@H](N1C(=O)C1(C)CC(C)(C)C(C)S)c1nnc(C)n1-2. The van der Waals surface area contributed by atoms with Gasteiger partial charge in [0.1, 0.15) is 17.1 Å². The molecule has 3 heterocycles. The van der Waals surface area contributed by atoms with Crippen molar-refractivity contribution < 1.29 is 9.53 Å². The second kappa shape index (κ2) is 8.63. The normalized spacial score (nSPS) is 21.9. The molecule has 188 valence electrons. The Balaban J connectivity index is 1.71. The lowest BCUT2D eigenvalue weighted by Gasteiger charge is -2.31. The number of nitrogens with zero attached hydrogens (tertiary/aromatic N) is 5. The average Bonchev–Trinajstić information content (AvgIpc) is 3.17. The van der Waals surface area contributed by atoms with Gasteiger partial charge in [0, 0.05) is 21.4 Å². The largest absolute Gasteiger partial charge is 0.497 e. The summed E-state index contributed by atoms with van der Waals surface area (Å²) in [6.45, 7) is 10.2. The van der Waals surface area contributed by atoms with Crippen LogP contribution in [0.15, 0.2) is 47.5 Å². The second-order valence-electron chi connectivity index (χ2n) is 10.5. The fraction of sp³-hybridized carbons (Fsp3) is 0.407. The van der Waals surface area contributed by atoms with Gasteiger partial charge in [-0.15, -0.1) is 10.2 Å². The molecule has 2 aliphatic rings. The van der Waals surface area contributed by atoms with E-state index in [4.69, 9.17) is 21.3 Å². The molecule has 0 bridgehead atoms. The van der Waals surface area contributed by atoms with Gasteiger partial charge in [0.25, 0.3) is 5.91 Å². The lowest BCUT2D eigenvalue weighted by Crippen LogP contribution is -2.31. The summed E-state index contributed by atoms with van der Waals surface area (Å²) in [7, 11) is 1.64. The number of benzene rings is 2. The van der Waals surface area contributed by atoms with Crippen molar-refractivity contribution in [1.82, 2.24) is 19.7 Å². The lowest BCUT2D eigenvalue weighted by atomic mass is 9.80. The second-order valence-corrected chi connectivity index (χ2v) is 11.7. The number of amides is 1. The molecule has 3 aromatic rings. The molecule has 0 spiro atoms. The van der Waals surface area contributed by atoms with Gasteiger partial charge >= 0.3 is 0 Å². The van der Waals surface area contributed by atoms with Gasteiger partial charge in [-0.3, -0.25) is 19.3 Å². The van der Waals surface area contributed by atoms with Crippen molar-refractivity contribution in [3.8, 4) is 11.4 Å². The van der Waals surface area contributed by atoms with Gasteiger partial charge < -0.3 is 4.74 Å². The van der Waals surface area contributed by atoms with E-state index in [9.17, 15) is 4.79 Å². The number of fused-ring (bicyclic) bond motifs is 3. The number of ether oxygens (including phenoxy) is 1. The maximum Gasteiger partial charge on any atom is 0.251 e. The van der Waals surface area contributed by atoms with E-state index in [0.29, 0.717) is 28.8 Å². The Bertz CT molecular complexity index is 1380. The zero-order chi connectivity index (χ0) is 26.0. The number of hydrogen-bond donors (Lipinski definition) is 1. The molecular weight excluding hydrogens is 494 g/mol. The first-order valence-corrected chi connectivity index (χ1v) is 12.8. The number of carbonyl (C=O) groups excluding carboxylic acids is 1. The molecule has 3 atom stereocenters. The molecule has 2 unspecified atom stereocenters. The summed E-state index contributed by atoms with van der Waals surface area (Å²) in [5.74, 6) is 2.08. The van der Waals surface area contributed by atoms with Crippen LogP contribution in [0.25, 0.3) is 5.69 Å². The van der Waals surface area contributed by atoms with Crippen LogP contribution in [0.5, 0.6) is 5.75 Å². The summed E-state index contributed by atoms with van der Waals surface area (Å²) in [6, 6.07) is 13.4. The average molecular weight is 524 g/mol. The van der Waals surface area contributed by atoms with Gasteiger partial charge in [0.15, 0.2) is 12.0 Å². The number of carbonyl (C=O) groups is 1. The minimum absolute atomic E-state index is 0.0458. The van der Waals surface area contributed by atoms with Crippen molar-refractivity contribution in [1.29, 1.82) is 0 Å². The highest BCUT2D eigenvalue weighted by atomic mass is 35.5. The van der Waals surface area contributed by atoms with E-state index in [0.717, 1.165) is 22.5 Å². The van der Waals surface area contributed by atoms with Gasteiger partial charge in [0.2, 0.25) is 0 Å². The van der Waals surface area contributed by atoms with E-state index >= 15 is 0 Å². The molecule has 2 aliphatic heterocycles. The molecular formula is C27H30ClN5O2S. The summed E-state index contributed by atoms with van der Waals surface area (Å²) in [6.07, 6.45) is 0.0125. The van der Waals surface area contributed by atoms with E-state index < -0.39 is 11.7 Å². The maximum absolute atomic E-state index is 13.5. The molecule has 0 radical (unpaired) electrons. The molecule has 5 rings (SSSR count). The molecule has 1 saturated heterocycles. The van der Waals surface area contributed by atoms with E-state index in [1.54, 1.807) is 7.11 Å². The predicted molar refractivity (Wildman–Crippen MR) is 145 cm³/mol. The highest BCUT2D eigenvalue weighted by Gasteiger charge is 2.64. The van der Waals surface area contributed by atoms with Crippen molar-refractivity contribution in [2.75, 3.05) is 7.11 Å². The number of rotatable bonds is 6. The Morgan fingerprint density at radius 3 is 2.53 bits per heavy atom. The summed E-state index contributed by atoms with van der Waals surface area (Å²) in [4.78, 5) is 20.5. The van der Waals surface area contributed by atoms with Crippen LogP contribution in [0.3, 0.4) is 0 Å². The van der Waals surface area contributed by atoms with Crippen LogP contribution >= 0.6 is 24.2 Å². The van der Waals surface area contributed by atoms with Gasteiger partial charge in [0.05, 0.1) is 18.5 Å². The van der Waals surface area contributed by atoms with Crippen molar-refractivity contribution in [2.45, 2.75) is 58.0 Å². The fourth-order valence-corrected chi connectivity index (χ4v) is 5.29. The number of methoxy groups -OCH3 is 1. The molecule has 36 heavy (non-hydrogen) atoms. The summed E-state index contributed by atoms with van der Waals surface area (Å²) < 4.78 is 7.54. The van der Waals surface area contributed by atoms with Gasteiger partial charge in [-0.2, -0.15) is 12.6 Å². The summed E-state index contributed by atoms with van der Waals surface area (Å²) >= 11 is 10.9. The van der Waals surface area contributed by atoms with Crippen LogP contribution in [-0.4, -0.2) is 49.2 Å². The lowest BCUT2D eigenvalue weighted by molar-refractivity contribution is -0.115. The first-order chi connectivity index (χ1) is 17.0. The van der Waals surface area contributed by atoms with Crippen molar-refractivity contribution in [2.24, 2.45) is 10.4 Å². The van der Waals surface area contributed by atoms with E-state index in [1.165, 1.54) is 0 Å². The monoisotopic (exact) mass is 523 g/mol. The van der Waals surface area contributed by atoms with E-state index in [2.05, 4.69) is 43.6 Å². The zero-order valence-electron chi connectivity index (χ0n) is 21.3. The van der Waals surface area contributed by atoms with E-state index in [-0.39, 0.29) is 16.6 Å². The number of aliphatic imine (C=N–C) groups is 1. The van der Waals surface area contributed by atoms with Crippen LogP contribution in [0.2, 0.25) is 5.02 Å². The molecule has 7 nitrogen and oxygen atoms in total. The molecule has 2 aromatic carbocycles. The topological polar surface area (TPSA) is 72.4 Å². The van der Waals surface area contributed by atoms with Crippen molar-refractivity contribution in [3.05, 3.63) is 70.3 Å². The Morgan fingerprint density at radius 1 is 1.19 bits per heavy atom. The Morgan fingerprint density at radius 2 is 1.89 bits per heavy atom. The molecule has 1 fully saturated rings. The molecule has 9 heteroatoms. The summed E-state index contributed by atoms with van der Waals surface area (Å²) in [5, 5.41) is 9.65. The standard InChI is InChI=1S/C27H30ClN5O2S/c1-15(36)26(3,4)14-27(5)25(34)33(27)23-24-31-30-16(2)32(24)21-12-11-19(35-6)13-20(21)22(29-23)17-7-9-18(28)10-8-17/h7-13,15,23,36H,14H2,1-6H3/t15?,23-,27?,33?/m0/s1. The number of hydrogen-bond acceptors (Lipinski definition) is 6. The van der Waals surface area contributed by atoms with Gasteiger partial charge in [-0.1, -0.05) is 44.5 Å². The minimum atomic E-state index is -0.682. The van der Waals surface area contributed by atoms with Crippen LogP contribution in [-0.2, 0) is 4.79 Å². The smallest absolute Gasteiger partial charge is 0.251 e. The Hall–Kier alpha value is -2.84. The third-order valence-electron chi connectivity index (χ3n) is 7.49. The van der Waals surface area contributed by atoms with E-state index in [1.807, 2.05) is 65.8 Å². The quantitative estimate of drug-likeness (QED) is 0.346.